The molecule has 19 heavy (non-hydrogen) atoms. The van der Waals surface area contributed by atoms with Gasteiger partial charge in [0.05, 0.1) is 25.3 Å². The molecule has 0 fully saturated rings. The number of benzene rings is 1. The van der Waals surface area contributed by atoms with Gasteiger partial charge in [-0.1, -0.05) is 0 Å². The molecule has 1 heterocycles. The number of carbonyl (C=O) groups is 1. The van der Waals surface area contributed by atoms with Gasteiger partial charge >= 0.3 is 5.97 Å². The monoisotopic (exact) mass is 262 g/mol. The van der Waals surface area contributed by atoms with Crippen molar-refractivity contribution in [2.24, 2.45) is 7.05 Å². The minimum absolute atomic E-state index is 0.1000. The number of aromatic nitrogens is 2. The molecule has 0 unspecified atom stereocenters. The number of hydrogen-bond donors (Lipinski definition) is 1. The molecule has 0 amide bonds. The van der Waals surface area contributed by atoms with Crippen molar-refractivity contribution in [2.45, 2.75) is 6.61 Å². The Bertz CT molecular complexity index is 592. The van der Waals surface area contributed by atoms with E-state index in [0.29, 0.717) is 5.75 Å². The van der Waals surface area contributed by atoms with Gasteiger partial charge in [-0.15, -0.1) is 0 Å². The van der Waals surface area contributed by atoms with Gasteiger partial charge in [0.15, 0.2) is 0 Å². The number of aryl methyl sites for hydroxylation is 1. The van der Waals surface area contributed by atoms with Crippen molar-refractivity contribution in [1.82, 2.24) is 9.55 Å². The van der Waals surface area contributed by atoms with Crippen molar-refractivity contribution < 1.29 is 19.4 Å². The maximum absolute atomic E-state index is 11.1. The highest BCUT2D eigenvalue weighted by Gasteiger charge is 2.13. The first-order valence-electron chi connectivity index (χ1n) is 5.61. The van der Waals surface area contributed by atoms with E-state index >= 15 is 0 Å². The molecule has 1 N–H and O–H groups in total. The van der Waals surface area contributed by atoms with Crippen LogP contribution in [0.4, 0.5) is 0 Å². The number of nitrogens with zero attached hydrogens (tertiary/aromatic N) is 2. The van der Waals surface area contributed by atoms with Gasteiger partial charge in [-0.3, -0.25) is 0 Å². The summed E-state index contributed by atoms with van der Waals surface area (Å²) in [6, 6.07) is 4.60. The maximum Gasteiger partial charge on any atom is 0.339 e. The van der Waals surface area contributed by atoms with Crippen LogP contribution in [0.2, 0.25) is 0 Å². The van der Waals surface area contributed by atoms with E-state index < -0.39 is 5.97 Å². The third-order valence-electron chi connectivity index (χ3n) is 2.71. The number of carboxylic acids is 1. The minimum atomic E-state index is -1.04. The van der Waals surface area contributed by atoms with Gasteiger partial charge in [-0.05, 0) is 12.1 Å². The standard InChI is InChI=1S/C13H14N2O4/c1-15-8-14-6-9(15)7-19-12-5-10(18-2)3-4-11(12)13(16)17/h3-6,8H,7H2,1-2H3,(H,16,17). The third-order valence-corrected chi connectivity index (χ3v) is 2.71. The van der Waals surface area contributed by atoms with Crippen molar-refractivity contribution in [1.29, 1.82) is 0 Å². The van der Waals surface area contributed by atoms with Crippen LogP contribution in [0, 0.1) is 0 Å². The zero-order valence-electron chi connectivity index (χ0n) is 10.7. The summed E-state index contributed by atoms with van der Waals surface area (Å²) in [6.45, 7) is 0.240. The normalized spacial score (nSPS) is 10.2. The van der Waals surface area contributed by atoms with Gasteiger partial charge in [0.1, 0.15) is 23.7 Å². The summed E-state index contributed by atoms with van der Waals surface area (Å²) in [4.78, 5) is 15.1. The van der Waals surface area contributed by atoms with Crippen molar-refractivity contribution in [3.63, 3.8) is 0 Å². The molecule has 1 aromatic heterocycles. The predicted octanol–water partition coefficient (Wildman–Crippen LogP) is 1.71. The molecule has 0 aliphatic heterocycles. The van der Waals surface area contributed by atoms with E-state index in [4.69, 9.17) is 14.6 Å². The third kappa shape index (κ3) is 2.85. The van der Waals surface area contributed by atoms with Crippen LogP contribution in [-0.2, 0) is 13.7 Å². The largest absolute Gasteiger partial charge is 0.497 e. The predicted molar refractivity (Wildman–Crippen MR) is 67.5 cm³/mol. The van der Waals surface area contributed by atoms with Crippen molar-refractivity contribution >= 4 is 5.97 Å². The van der Waals surface area contributed by atoms with Crippen LogP contribution >= 0.6 is 0 Å². The van der Waals surface area contributed by atoms with Gasteiger partial charge in [0, 0.05) is 13.1 Å². The highest BCUT2D eigenvalue weighted by molar-refractivity contribution is 5.91. The number of carboxylic acid groups (broad SMARTS) is 1. The summed E-state index contributed by atoms with van der Waals surface area (Å²) >= 11 is 0. The molecule has 2 aromatic rings. The Morgan fingerprint density at radius 3 is 2.84 bits per heavy atom. The van der Waals surface area contributed by atoms with Crippen molar-refractivity contribution in [3.05, 3.63) is 42.0 Å². The molecule has 0 aliphatic carbocycles. The van der Waals surface area contributed by atoms with Gasteiger partial charge in [-0.2, -0.15) is 0 Å². The highest BCUT2D eigenvalue weighted by Crippen LogP contribution is 2.25. The fourth-order valence-corrected chi connectivity index (χ4v) is 1.60. The summed E-state index contributed by atoms with van der Waals surface area (Å²) in [5.41, 5.74) is 0.946. The second-order valence-electron chi connectivity index (χ2n) is 3.95. The van der Waals surface area contributed by atoms with E-state index in [0.717, 1.165) is 5.69 Å². The summed E-state index contributed by atoms with van der Waals surface area (Å²) < 4.78 is 12.4. The van der Waals surface area contributed by atoms with Crippen LogP contribution in [0.5, 0.6) is 11.5 Å². The summed E-state index contributed by atoms with van der Waals surface area (Å²) in [6.07, 6.45) is 3.32. The molecule has 0 spiro atoms. The molecule has 100 valence electrons. The number of methoxy groups -OCH3 is 1. The molecule has 2 rings (SSSR count). The lowest BCUT2D eigenvalue weighted by molar-refractivity contribution is 0.0691. The molecule has 1 aromatic carbocycles. The van der Waals surface area contributed by atoms with Crippen LogP contribution in [0.3, 0.4) is 0 Å². The van der Waals surface area contributed by atoms with E-state index in [9.17, 15) is 4.79 Å². The second-order valence-corrected chi connectivity index (χ2v) is 3.95. The smallest absolute Gasteiger partial charge is 0.339 e. The molecule has 0 atom stereocenters. The maximum atomic E-state index is 11.1. The lowest BCUT2D eigenvalue weighted by atomic mass is 10.2. The lowest BCUT2D eigenvalue weighted by Crippen LogP contribution is -2.06. The van der Waals surface area contributed by atoms with Crippen molar-refractivity contribution in [3.8, 4) is 11.5 Å². The Balaban J connectivity index is 2.22. The zero-order chi connectivity index (χ0) is 13.8. The lowest BCUT2D eigenvalue weighted by Gasteiger charge is -2.10. The Kier molecular flexibility index (Phi) is 3.70. The van der Waals surface area contributed by atoms with Gasteiger partial charge in [0.2, 0.25) is 0 Å². The van der Waals surface area contributed by atoms with E-state index in [-0.39, 0.29) is 17.9 Å². The van der Waals surface area contributed by atoms with Crippen LogP contribution in [-0.4, -0.2) is 27.7 Å². The highest BCUT2D eigenvalue weighted by atomic mass is 16.5. The van der Waals surface area contributed by atoms with Crippen LogP contribution in [0.15, 0.2) is 30.7 Å². The quantitative estimate of drug-likeness (QED) is 0.887. The molecular formula is C13H14N2O4. The first kappa shape index (κ1) is 12.9. The SMILES string of the molecule is COc1ccc(C(=O)O)c(OCc2cncn2C)c1. The Labute approximate surface area is 110 Å². The number of ether oxygens (including phenoxy) is 2. The molecule has 6 heteroatoms. The van der Waals surface area contributed by atoms with E-state index in [1.807, 2.05) is 7.05 Å². The number of hydrogen-bond acceptors (Lipinski definition) is 4. The van der Waals surface area contributed by atoms with Gasteiger partial charge in [0.25, 0.3) is 0 Å². The summed E-state index contributed by atoms with van der Waals surface area (Å²) in [5.74, 6) is -0.222. The Morgan fingerprint density at radius 1 is 1.47 bits per heavy atom. The fourth-order valence-electron chi connectivity index (χ4n) is 1.60. The molecule has 0 aliphatic rings. The van der Waals surface area contributed by atoms with E-state index in [1.165, 1.54) is 13.2 Å². The molecule has 6 nitrogen and oxygen atoms in total. The Hall–Kier alpha value is -2.50. The number of rotatable bonds is 5. The average molecular weight is 262 g/mol. The first-order chi connectivity index (χ1) is 9.11. The van der Waals surface area contributed by atoms with Crippen LogP contribution in [0.1, 0.15) is 16.1 Å². The molecular weight excluding hydrogens is 248 g/mol. The van der Waals surface area contributed by atoms with Crippen molar-refractivity contribution in [2.75, 3.05) is 7.11 Å². The Morgan fingerprint density at radius 2 is 2.26 bits per heavy atom. The second kappa shape index (κ2) is 5.43. The molecule has 0 saturated carbocycles. The minimum Gasteiger partial charge on any atom is -0.497 e. The summed E-state index contributed by atoms with van der Waals surface area (Å²) in [5, 5.41) is 9.10. The van der Waals surface area contributed by atoms with Crippen LogP contribution in [0.25, 0.3) is 0 Å². The first-order valence-corrected chi connectivity index (χ1v) is 5.61. The molecule has 0 saturated heterocycles. The zero-order valence-corrected chi connectivity index (χ0v) is 10.7. The molecule has 0 bridgehead atoms. The van der Waals surface area contributed by atoms with Gasteiger partial charge < -0.3 is 19.1 Å². The van der Waals surface area contributed by atoms with Gasteiger partial charge in [-0.25, -0.2) is 9.78 Å². The van der Waals surface area contributed by atoms with E-state index in [2.05, 4.69) is 4.98 Å². The number of aromatic carboxylic acids is 1. The average Bonchev–Trinajstić information content (AvgIpc) is 2.81. The summed E-state index contributed by atoms with van der Waals surface area (Å²) in [7, 11) is 3.36. The topological polar surface area (TPSA) is 73.6 Å². The number of imidazole rings is 1. The fraction of sp³-hybridized carbons (Fsp3) is 0.231. The molecule has 0 radical (unpaired) electrons. The van der Waals surface area contributed by atoms with Crippen LogP contribution < -0.4 is 9.47 Å². The van der Waals surface area contributed by atoms with E-state index in [1.54, 1.807) is 29.2 Å².